The third-order valence-corrected chi connectivity index (χ3v) is 4.96. The van der Waals surface area contributed by atoms with Gasteiger partial charge in [0.05, 0.1) is 0 Å². The normalized spacial score (nSPS) is 25.5. The maximum atomic E-state index is 3.64. The van der Waals surface area contributed by atoms with Crippen LogP contribution in [0.2, 0.25) is 0 Å². The minimum absolute atomic E-state index is 0. The fourth-order valence-electron chi connectivity index (χ4n) is 3.86. The molecule has 1 N–H and O–H groups in total. The molecule has 0 aliphatic carbocycles. The standard InChI is InChI=1S/C18H22N2.ClH/c1-2-4-16-11-14(5-6-15(16)3-1)12-20-10-8-18-17(13-20)7-9-19-18;/h1-6,11,17-19H,7-10,12-13H2;1H. The number of fused-ring (bicyclic) bond motifs is 2. The second-order valence-electron chi connectivity index (χ2n) is 6.31. The molecule has 21 heavy (non-hydrogen) atoms. The molecule has 2 aliphatic rings. The van der Waals surface area contributed by atoms with Gasteiger partial charge < -0.3 is 5.32 Å². The van der Waals surface area contributed by atoms with Gasteiger partial charge >= 0.3 is 0 Å². The predicted octanol–water partition coefficient (Wildman–Crippen LogP) is 3.45. The van der Waals surface area contributed by atoms with Crippen molar-refractivity contribution < 1.29 is 0 Å². The van der Waals surface area contributed by atoms with E-state index in [1.54, 1.807) is 0 Å². The average Bonchev–Trinajstić information content (AvgIpc) is 2.95. The van der Waals surface area contributed by atoms with Crippen LogP contribution in [0.4, 0.5) is 0 Å². The van der Waals surface area contributed by atoms with Gasteiger partial charge in [-0.25, -0.2) is 0 Å². The summed E-state index contributed by atoms with van der Waals surface area (Å²) < 4.78 is 0. The van der Waals surface area contributed by atoms with Gasteiger partial charge in [0.1, 0.15) is 0 Å². The van der Waals surface area contributed by atoms with Crippen molar-refractivity contribution in [2.75, 3.05) is 19.6 Å². The van der Waals surface area contributed by atoms with Crippen molar-refractivity contribution in [2.45, 2.75) is 25.4 Å². The van der Waals surface area contributed by atoms with Crippen LogP contribution in [0.25, 0.3) is 10.8 Å². The lowest BCUT2D eigenvalue weighted by Crippen LogP contribution is -2.43. The molecule has 2 heterocycles. The molecule has 2 nitrogen and oxygen atoms in total. The average molecular weight is 303 g/mol. The molecule has 4 rings (SSSR count). The van der Waals surface area contributed by atoms with E-state index in [0.29, 0.717) is 0 Å². The largest absolute Gasteiger partial charge is 0.314 e. The van der Waals surface area contributed by atoms with E-state index in [1.807, 2.05) is 0 Å². The molecule has 2 unspecified atom stereocenters. The monoisotopic (exact) mass is 302 g/mol. The number of halogens is 1. The van der Waals surface area contributed by atoms with Crippen LogP contribution >= 0.6 is 12.4 Å². The molecule has 0 saturated carbocycles. The van der Waals surface area contributed by atoms with Crippen LogP contribution in [0, 0.1) is 5.92 Å². The van der Waals surface area contributed by atoms with Crippen molar-refractivity contribution in [3.8, 4) is 0 Å². The highest BCUT2D eigenvalue weighted by molar-refractivity contribution is 5.85. The number of benzene rings is 2. The summed E-state index contributed by atoms with van der Waals surface area (Å²) in [6.45, 7) is 4.83. The second kappa shape index (κ2) is 6.35. The first kappa shape index (κ1) is 14.8. The minimum atomic E-state index is 0. The van der Waals surface area contributed by atoms with E-state index in [2.05, 4.69) is 52.7 Å². The first-order valence-corrected chi connectivity index (χ1v) is 7.82. The molecule has 0 radical (unpaired) electrons. The molecule has 2 aromatic rings. The molecule has 0 aromatic heterocycles. The molecule has 112 valence electrons. The summed E-state index contributed by atoms with van der Waals surface area (Å²) >= 11 is 0. The Kier molecular flexibility index (Phi) is 4.48. The Hall–Kier alpha value is -1.09. The van der Waals surface area contributed by atoms with E-state index in [0.717, 1.165) is 18.5 Å². The minimum Gasteiger partial charge on any atom is -0.314 e. The van der Waals surface area contributed by atoms with Crippen molar-refractivity contribution in [3.63, 3.8) is 0 Å². The van der Waals surface area contributed by atoms with Crippen molar-refractivity contribution in [3.05, 3.63) is 48.0 Å². The van der Waals surface area contributed by atoms with Gasteiger partial charge in [-0.2, -0.15) is 0 Å². The van der Waals surface area contributed by atoms with E-state index >= 15 is 0 Å². The topological polar surface area (TPSA) is 15.3 Å². The zero-order valence-corrected chi connectivity index (χ0v) is 13.1. The highest BCUT2D eigenvalue weighted by Crippen LogP contribution is 2.26. The van der Waals surface area contributed by atoms with Gasteiger partial charge in [-0.1, -0.05) is 36.4 Å². The number of nitrogens with one attached hydrogen (secondary N) is 1. The van der Waals surface area contributed by atoms with Crippen LogP contribution in [0.15, 0.2) is 42.5 Å². The number of rotatable bonds is 2. The Bertz CT molecular complexity index is 613. The number of likely N-dealkylation sites (tertiary alicyclic amines) is 1. The number of hydrogen-bond acceptors (Lipinski definition) is 2. The third kappa shape index (κ3) is 3.08. The van der Waals surface area contributed by atoms with Crippen molar-refractivity contribution in [2.24, 2.45) is 5.92 Å². The van der Waals surface area contributed by atoms with Crippen LogP contribution in [0.3, 0.4) is 0 Å². The van der Waals surface area contributed by atoms with E-state index in [9.17, 15) is 0 Å². The molecule has 2 aromatic carbocycles. The zero-order valence-electron chi connectivity index (χ0n) is 12.3. The number of hydrogen-bond donors (Lipinski definition) is 1. The van der Waals surface area contributed by atoms with Gasteiger partial charge in [0.15, 0.2) is 0 Å². The van der Waals surface area contributed by atoms with Gasteiger partial charge in [0.25, 0.3) is 0 Å². The molecule has 0 bridgehead atoms. The third-order valence-electron chi connectivity index (χ3n) is 4.96. The van der Waals surface area contributed by atoms with Gasteiger partial charge in [-0.15, -0.1) is 12.4 Å². The Balaban J connectivity index is 0.00000132. The van der Waals surface area contributed by atoms with Gasteiger partial charge in [-0.3, -0.25) is 4.90 Å². The summed E-state index contributed by atoms with van der Waals surface area (Å²) in [6, 6.07) is 16.3. The summed E-state index contributed by atoms with van der Waals surface area (Å²) in [6.07, 6.45) is 2.68. The highest BCUT2D eigenvalue weighted by atomic mass is 35.5. The lowest BCUT2D eigenvalue weighted by atomic mass is 9.93. The summed E-state index contributed by atoms with van der Waals surface area (Å²) in [5.74, 6) is 0.879. The van der Waals surface area contributed by atoms with Crippen LogP contribution in [0.1, 0.15) is 18.4 Å². The van der Waals surface area contributed by atoms with Crippen molar-refractivity contribution in [1.82, 2.24) is 10.2 Å². The Morgan fingerprint density at radius 2 is 1.90 bits per heavy atom. The zero-order chi connectivity index (χ0) is 13.4. The van der Waals surface area contributed by atoms with Gasteiger partial charge in [0, 0.05) is 19.1 Å². The molecule has 0 spiro atoms. The fourth-order valence-corrected chi connectivity index (χ4v) is 3.86. The summed E-state index contributed by atoms with van der Waals surface area (Å²) in [5, 5.41) is 6.35. The van der Waals surface area contributed by atoms with E-state index < -0.39 is 0 Å². The van der Waals surface area contributed by atoms with Gasteiger partial charge in [0.2, 0.25) is 0 Å². The summed E-state index contributed by atoms with van der Waals surface area (Å²) in [4.78, 5) is 2.64. The predicted molar refractivity (Wildman–Crippen MR) is 91.0 cm³/mol. The first-order chi connectivity index (χ1) is 9.88. The lowest BCUT2D eigenvalue weighted by Gasteiger charge is -2.34. The maximum absolute atomic E-state index is 3.64. The molecular formula is C18H23ClN2. The first-order valence-electron chi connectivity index (χ1n) is 7.82. The molecule has 2 aliphatic heterocycles. The van der Waals surface area contributed by atoms with E-state index in [-0.39, 0.29) is 12.4 Å². The van der Waals surface area contributed by atoms with Crippen molar-refractivity contribution >= 4 is 23.2 Å². The summed E-state index contributed by atoms with van der Waals surface area (Å²) in [7, 11) is 0. The highest BCUT2D eigenvalue weighted by Gasteiger charge is 2.32. The van der Waals surface area contributed by atoms with Crippen LogP contribution in [0.5, 0.6) is 0 Å². The number of piperidine rings is 1. The van der Waals surface area contributed by atoms with Gasteiger partial charge in [-0.05, 0) is 54.3 Å². The molecule has 2 atom stereocenters. The molecule has 2 fully saturated rings. The van der Waals surface area contributed by atoms with E-state index in [4.69, 9.17) is 0 Å². The quantitative estimate of drug-likeness (QED) is 0.914. The molecule has 2 saturated heterocycles. The van der Waals surface area contributed by atoms with Crippen LogP contribution < -0.4 is 5.32 Å². The van der Waals surface area contributed by atoms with Crippen LogP contribution in [-0.4, -0.2) is 30.6 Å². The Labute approximate surface area is 132 Å². The van der Waals surface area contributed by atoms with E-state index in [1.165, 1.54) is 48.8 Å². The Morgan fingerprint density at radius 3 is 2.81 bits per heavy atom. The second-order valence-corrected chi connectivity index (χ2v) is 6.31. The molecule has 3 heteroatoms. The Morgan fingerprint density at radius 1 is 1.05 bits per heavy atom. The lowest BCUT2D eigenvalue weighted by molar-refractivity contribution is 0.156. The van der Waals surface area contributed by atoms with Crippen LogP contribution in [-0.2, 0) is 6.54 Å². The smallest absolute Gasteiger partial charge is 0.0234 e. The summed E-state index contributed by atoms with van der Waals surface area (Å²) in [5.41, 5.74) is 1.45. The SMILES string of the molecule is Cl.c1ccc2cc(CN3CCC4NCCC4C3)ccc2c1. The maximum Gasteiger partial charge on any atom is 0.0234 e. The fraction of sp³-hybridized carbons (Fsp3) is 0.444. The molecular weight excluding hydrogens is 280 g/mol. The van der Waals surface area contributed by atoms with Crippen molar-refractivity contribution in [1.29, 1.82) is 0 Å². The molecule has 0 amide bonds. The number of nitrogens with zero attached hydrogens (tertiary/aromatic N) is 1.